The van der Waals surface area contributed by atoms with Gasteiger partial charge in [-0.05, 0) is 42.8 Å². The summed E-state index contributed by atoms with van der Waals surface area (Å²) in [5.74, 6) is 0.836. The van der Waals surface area contributed by atoms with Crippen molar-refractivity contribution in [2.75, 3.05) is 37.4 Å². The molecule has 1 atom stereocenters. The second-order valence-corrected chi connectivity index (χ2v) is 9.88. The molecule has 2 aromatic carbocycles. The van der Waals surface area contributed by atoms with E-state index in [0.717, 1.165) is 5.56 Å². The van der Waals surface area contributed by atoms with Gasteiger partial charge in [0.15, 0.2) is 5.16 Å². The minimum absolute atomic E-state index is 0.0466. The van der Waals surface area contributed by atoms with Crippen LogP contribution in [0.4, 0.5) is 10.2 Å². The van der Waals surface area contributed by atoms with Gasteiger partial charge in [-0.2, -0.15) is 0 Å². The number of amides is 2. The van der Waals surface area contributed by atoms with Gasteiger partial charge < -0.3 is 19.9 Å². The standard InChI is InChI=1S/C26H27ClFN5O3S/c1-17-15-32(10-11-33(17)25(35)19-4-3-5-21(12-19)36-2)23-13-22(27)30-26(31-23)37-16-24(34)29-14-18-6-8-20(28)9-7-18/h3-9,12-13,17H,10-11,14-16H2,1-2H3,(H,29,34). The van der Waals surface area contributed by atoms with Crippen molar-refractivity contribution in [1.82, 2.24) is 20.2 Å². The Morgan fingerprint density at radius 3 is 2.68 bits per heavy atom. The van der Waals surface area contributed by atoms with Crippen molar-refractivity contribution in [2.45, 2.75) is 24.7 Å². The number of methoxy groups -OCH3 is 1. The molecule has 2 heterocycles. The number of carbonyl (C=O) groups is 2. The number of aromatic nitrogens is 2. The average Bonchev–Trinajstić information content (AvgIpc) is 2.91. The van der Waals surface area contributed by atoms with Crippen molar-refractivity contribution >= 4 is 41.0 Å². The molecule has 1 aliphatic heterocycles. The highest BCUT2D eigenvalue weighted by Gasteiger charge is 2.29. The van der Waals surface area contributed by atoms with Gasteiger partial charge in [-0.1, -0.05) is 41.6 Å². The molecule has 0 aliphatic carbocycles. The summed E-state index contributed by atoms with van der Waals surface area (Å²) in [6.07, 6.45) is 0. The van der Waals surface area contributed by atoms with Crippen LogP contribution in [-0.4, -0.2) is 65.2 Å². The number of nitrogens with one attached hydrogen (secondary N) is 1. The number of ether oxygens (including phenoxy) is 1. The van der Waals surface area contributed by atoms with Gasteiger partial charge in [0, 0.05) is 43.9 Å². The molecule has 194 valence electrons. The van der Waals surface area contributed by atoms with E-state index in [4.69, 9.17) is 16.3 Å². The zero-order chi connectivity index (χ0) is 26.4. The highest BCUT2D eigenvalue weighted by molar-refractivity contribution is 7.99. The molecule has 2 amide bonds. The number of rotatable bonds is 8. The van der Waals surface area contributed by atoms with Crippen molar-refractivity contribution < 1.29 is 18.7 Å². The van der Waals surface area contributed by atoms with Crippen LogP contribution in [0.1, 0.15) is 22.8 Å². The van der Waals surface area contributed by atoms with Crippen LogP contribution in [0.2, 0.25) is 5.15 Å². The lowest BCUT2D eigenvalue weighted by atomic mass is 10.1. The maximum atomic E-state index is 13.1. The van der Waals surface area contributed by atoms with E-state index in [1.807, 2.05) is 17.9 Å². The fourth-order valence-electron chi connectivity index (χ4n) is 3.99. The van der Waals surface area contributed by atoms with E-state index >= 15 is 0 Å². The predicted octanol–water partition coefficient (Wildman–Crippen LogP) is 4.04. The Morgan fingerprint density at radius 1 is 1.16 bits per heavy atom. The van der Waals surface area contributed by atoms with Gasteiger partial charge in [-0.25, -0.2) is 14.4 Å². The SMILES string of the molecule is COc1cccc(C(=O)N2CCN(c3cc(Cl)nc(SCC(=O)NCc4ccc(F)cc4)n3)CC2C)c1. The molecule has 1 unspecified atom stereocenters. The van der Waals surface area contributed by atoms with Gasteiger partial charge in [0.1, 0.15) is 22.5 Å². The van der Waals surface area contributed by atoms with Crippen LogP contribution in [0.5, 0.6) is 5.75 Å². The van der Waals surface area contributed by atoms with Crippen LogP contribution < -0.4 is 15.0 Å². The number of nitrogens with zero attached hydrogens (tertiary/aromatic N) is 4. The van der Waals surface area contributed by atoms with E-state index in [2.05, 4.69) is 20.2 Å². The van der Waals surface area contributed by atoms with Crippen LogP contribution in [0.3, 0.4) is 0 Å². The molecule has 1 fully saturated rings. The van der Waals surface area contributed by atoms with Crippen molar-refractivity contribution in [3.63, 3.8) is 0 Å². The Labute approximate surface area is 224 Å². The molecule has 4 rings (SSSR count). The molecular weight excluding hydrogens is 517 g/mol. The third kappa shape index (κ3) is 7.11. The molecule has 1 saturated heterocycles. The first kappa shape index (κ1) is 26.7. The lowest BCUT2D eigenvalue weighted by Gasteiger charge is -2.40. The van der Waals surface area contributed by atoms with Crippen molar-refractivity contribution in [1.29, 1.82) is 0 Å². The number of piperazine rings is 1. The number of thioether (sulfide) groups is 1. The molecule has 3 aromatic rings. The van der Waals surface area contributed by atoms with E-state index in [1.54, 1.807) is 43.5 Å². The Balaban J connectivity index is 1.33. The third-order valence-electron chi connectivity index (χ3n) is 5.93. The van der Waals surface area contributed by atoms with E-state index in [9.17, 15) is 14.0 Å². The van der Waals surface area contributed by atoms with Gasteiger partial charge >= 0.3 is 0 Å². The van der Waals surface area contributed by atoms with Crippen LogP contribution >= 0.6 is 23.4 Å². The second-order valence-electron chi connectivity index (χ2n) is 8.55. The van der Waals surface area contributed by atoms with E-state index in [1.165, 1.54) is 23.9 Å². The maximum Gasteiger partial charge on any atom is 0.254 e. The summed E-state index contributed by atoms with van der Waals surface area (Å²) in [6.45, 7) is 3.97. The van der Waals surface area contributed by atoms with Crippen LogP contribution in [0.15, 0.2) is 59.8 Å². The second kappa shape index (κ2) is 12.2. The number of halogens is 2. The van der Waals surface area contributed by atoms with Crippen LogP contribution in [0.25, 0.3) is 0 Å². The van der Waals surface area contributed by atoms with E-state index in [0.29, 0.717) is 48.5 Å². The summed E-state index contributed by atoms with van der Waals surface area (Å²) in [7, 11) is 1.57. The molecule has 0 bridgehead atoms. The highest BCUT2D eigenvalue weighted by Crippen LogP contribution is 2.25. The van der Waals surface area contributed by atoms with Gasteiger partial charge in [0.2, 0.25) is 5.91 Å². The maximum absolute atomic E-state index is 13.1. The highest BCUT2D eigenvalue weighted by atomic mass is 35.5. The lowest BCUT2D eigenvalue weighted by Crippen LogP contribution is -2.54. The summed E-state index contributed by atoms with van der Waals surface area (Å²) in [5.41, 5.74) is 1.39. The van der Waals surface area contributed by atoms with Gasteiger partial charge in [0.05, 0.1) is 12.9 Å². The van der Waals surface area contributed by atoms with Gasteiger partial charge in [-0.3, -0.25) is 9.59 Å². The molecular formula is C26H27ClFN5O3S. The number of anilines is 1. The largest absolute Gasteiger partial charge is 0.497 e. The zero-order valence-electron chi connectivity index (χ0n) is 20.5. The minimum Gasteiger partial charge on any atom is -0.497 e. The fraction of sp³-hybridized carbons (Fsp3) is 0.308. The first-order valence-corrected chi connectivity index (χ1v) is 13.1. The summed E-state index contributed by atoms with van der Waals surface area (Å²) >= 11 is 7.45. The number of hydrogen-bond donors (Lipinski definition) is 1. The topological polar surface area (TPSA) is 87.7 Å². The number of carbonyl (C=O) groups excluding carboxylic acids is 2. The summed E-state index contributed by atoms with van der Waals surface area (Å²) < 4.78 is 18.3. The normalized spacial score (nSPS) is 15.4. The van der Waals surface area contributed by atoms with Crippen molar-refractivity contribution in [2.24, 2.45) is 0 Å². The minimum atomic E-state index is -0.321. The monoisotopic (exact) mass is 543 g/mol. The molecule has 1 N–H and O–H groups in total. The summed E-state index contributed by atoms with van der Waals surface area (Å²) in [5, 5.41) is 3.47. The number of hydrogen-bond acceptors (Lipinski definition) is 7. The molecule has 11 heteroatoms. The third-order valence-corrected chi connectivity index (χ3v) is 6.97. The fourth-order valence-corrected chi connectivity index (χ4v) is 4.90. The Kier molecular flexibility index (Phi) is 8.83. The average molecular weight is 544 g/mol. The van der Waals surface area contributed by atoms with E-state index in [-0.39, 0.29) is 34.6 Å². The Morgan fingerprint density at radius 2 is 1.95 bits per heavy atom. The lowest BCUT2D eigenvalue weighted by molar-refractivity contribution is -0.118. The van der Waals surface area contributed by atoms with Crippen LogP contribution in [-0.2, 0) is 11.3 Å². The van der Waals surface area contributed by atoms with Crippen LogP contribution in [0, 0.1) is 5.82 Å². The Hall–Kier alpha value is -3.37. The molecule has 1 aliphatic rings. The molecule has 8 nitrogen and oxygen atoms in total. The first-order chi connectivity index (χ1) is 17.8. The quantitative estimate of drug-likeness (QED) is 0.261. The van der Waals surface area contributed by atoms with Gasteiger partial charge in [-0.15, -0.1) is 0 Å². The molecule has 1 aromatic heterocycles. The van der Waals surface area contributed by atoms with Gasteiger partial charge in [0.25, 0.3) is 5.91 Å². The predicted molar refractivity (Wildman–Crippen MR) is 142 cm³/mol. The molecule has 0 radical (unpaired) electrons. The van der Waals surface area contributed by atoms with E-state index < -0.39 is 0 Å². The van der Waals surface area contributed by atoms with Crippen molar-refractivity contribution in [3.8, 4) is 5.75 Å². The summed E-state index contributed by atoms with van der Waals surface area (Å²) in [6, 6.07) is 14.7. The van der Waals surface area contributed by atoms with Crippen molar-refractivity contribution in [3.05, 3.63) is 76.7 Å². The zero-order valence-corrected chi connectivity index (χ0v) is 22.1. The Bertz CT molecular complexity index is 1260. The molecule has 37 heavy (non-hydrogen) atoms. The molecule has 0 spiro atoms. The smallest absolute Gasteiger partial charge is 0.254 e. The molecule has 0 saturated carbocycles. The summed E-state index contributed by atoms with van der Waals surface area (Å²) in [4.78, 5) is 38.1. The first-order valence-electron chi connectivity index (χ1n) is 11.7. The number of benzene rings is 2.